The van der Waals surface area contributed by atoms with Crippen molar-refractivity contribution in [1.29, 1.82) is 0 Å². The van der Waals surface area contributed by atoms with E-state index >= 15 is 4.79 Å². The first-order valence-electron chi connectivity index (χ1n) is 26.9. The number of carbonyl (C=O) groups excluding carboxylic acids is 1. The summed E-state index contributed by atoms with van der Waals surface area (Å²) in [6.07, 6.45) is 9.31. The third-order valence-corrected chi connectivity index (χ3v) is 15.5. The van der Waals surface area contributed by atoms with E-state index in [0.29, 0.717) is 44.8 Å². The van der Waals surface area contributed by atoms with Gasteiger partial charge in [0.05, 0.1) is 41.9 Å². The molecule has 13 nitrogen and oxygen atoms in total. The topological polar surface area (TPSA) is 142 Å². The first kappa shape index (κ1) is 58.2. The van der Waals surface area contributed by atoms with Gasteiger partial charge in [0.25, 0.3) is 0 Å². The Bertz CT molecular complexity index is 1480. The smallest absolute Gasteiger partial charge is 0.311 e. The van der Waals surface area contributed by atoms with E-state index in [-0.39, 0.29) is 24.4 Å². The highest BCUT2D eigenvalue weighted by Gasteiger charge is 2.57. The Hall–Kier alpha value is -1.39. The van der Waals surface area contributed by atoms with Gasteiger partial charge in [-0.25, -0.2) is 0 Å². The Balaban J connectivity index is 1.78. The van der Waals surface area contributed by atoms with E-state index in [1.54, 1.807) is 14.0 Å². The van der Waals surface area contributed by atoms with Crippen molar-refractivity contribution in [3.05, 3.63) is 11.3 Å². The first-order valence-corrected chi connectivity index (χ1v) is 26.9. The lowest BCUT2D eigenvalue weighted by molar-refractivity contribution is -0.320. The zero-order valence-electron chi connectivity index (χ0n) is 45.0. The van der Waals surface area contributed by atoms with Crippen LogP contribution in [0.3, 0.4) is 0 Å². The number of methoxy groups -OCH3 is 1. The van der Waals surface area contributed by atoms with Gasteiger partial charge < -0.3 is 57.8 Å². The molecule has 0 aromatic heterocycles. The van der Waals surface area contributed by atoms with Gasteiger partial charge in [-0.2, -0.15) is 0 Å². The fourth-order valence-corrected chi connectivity index (χ4v) is 11.5. The van der Waals surface area contributed by atoms with Gasteiger partial charge in [-0.1, -0.05) is 99.3 Å². The maximum atomic E-state index is 15.0. The largest absolute Gasteiger partial charge is 0.488 e. The molecule has 4 aliphatic rings. The zero-order chi connectivity index (χ0) is 49.5. The number of carbonyl (C=O) groups is 1. The minimum Gasteiger partial charge on any atom is -0.488 e. The number of hydrogen-bond donors (Lipinski definition) is 2. The van der Waals surface area contributed by atoms with Crippen LogP contribution in [0.2, 0.25) is 0 Å². The molecule has 0 amide bonds. The van der Waals surface area contributed by atoms with E-state index < -0.39 is 83.6 Å². The molecular weight excluding hydrogens is 855 g/mol. The van der Waals surface area contributed by atoms with Crippen molar-refractivity contribution in [2.24, 2.45) is 17.8 Å². The second-order valence-corrected chi connectivity index (χ2v) is 21.4. The molecule has 0 aliphatic carbocycles. The van der Waals surface area contributed by atoms with Crippen LogP contribution in [0.5, 0.6) is 0 Å². The molecule has 0 saturated carbocycles. The summed E-state index contributed by atoms with van der Waals surface area (Å²) in [6, 6.07) is -0.0133. The number of esters is 1. The van der Waals surface area contributed by atoms with Gasteiger partial charge in [0.1, 0.15) is 41.4 Å². The van der Waals surface area contributed by atoms with Gasteiger partial charge in [0.2, 0.25) is 0 Å². The molecule has 0 aromatic rings. The maximum absolute atomic E-state index is 15.0. The number of likely N-dealkylation sites (N-methyl/N-ethyl adjacent to an activating group) is 1. The lowest BCUT2D eigenvalue weighted by Crippen LogP contribution is -2.61. The van der Waals surface area contributed by atoms with E-state index in [0.717, 1.165) is 82.6 Å². The number of nitrogens with one attached hydrogen (secondary N) is 1. The summed E-state index contributed by atoms with van der Waals surface area (Å²) >= 11 is 0. The Labute approximate surface area is 407 Å². The maximum Gasteiger partial charge on any atom is 0.311 e. The lowest BCUT2D eigenvalue weighted by atomic mass is 9.78. The van der Waals surface area contributed by atoms with Crippen LogP contribution < -0.4 is 5.32 Å². The summed E-state index contributed by atoms with van der Waals surface area (Å²) in [7, 11) is 3.68. The summed E-state index contributed by atoms with van der Waals surface area (Å²) < 4.78 is 67.9. The molecular formula is C54H99NO12. The van der Waals surface area contributed by atoms with Crippen LogP contribution >= 0.6 is 0 Å². The Morgan fingerprint density at radius 2 is 1.42 bits per heavy atom. The average Bonchev–Trinajstić information content (AvgIpc) is 3.61. The fraction of sp³-hybridized carbons (Fsp3) is 0.944. The Kier molecular flexibility index (Phi) is 23.8. The molecule has 2 bridgehead atoms. The molecule has 13 heteroatoms. The average molecular weight is 954 g/mol. The normalized spacial score (nSPS) is 37.7. The van der Waals surface area contributed by atoms with Gasteiger partial charge in [-0.05, 0) is 93.2 Å². The molecule has 2 N–H and O–H groups in total. The molecule has 4 aliphatic heterocycles. The van der Waals surface area contributed by atoms with Crippen LogP contribution in [0.25, 0.3) is 0 Å². The van der Waals surface area contributed by atoms with Crippen LogP contribution in [-0.4, -0.2) is 129 Å². The van der Waals surface area contributed by atoms with E-state index in [1.807, 2.05) is 34.7 Å². The summed E-state index contributed by atoms with van der Waals surface area (Å²) in [5, 5.41) is 16.2. The van der Waals surface area contributed by atoms with Gasteiger partial charge in [-0.3, -0.25) is 4.79 Å². The van der Waals surface area contributed by atoms with Gasteiger partial charge in [0.15, 0.2) is 12.6 Å². The van der Waals surface area contributed by atoms with Crippen LogP contribution in [0.15, 0.2) is 11.3 Å². The van der Waals surface area contributed by atoms with Crippen LogP contribution in [-0.2, 0) is 52.2 Å². The minimum absolute atomic E-state index is 0.0133. The monoisotopic (exact) mass is 954 g/mol. The predicted octanol–water partition coefficient (Wildman–Crippen LogP) is 10.4. The molecule has 2 unspecified atom stereocenters. The number of ether oxygens (including phenoxy) is 10. The van der Waals surface area contributed by atoms with Gasteiger partial charge in [-0.15, -0.1) is 0 Å². The molecule has 17 atom stereocenters. The Morgan fingerprint density at radius 3 is 2.00 bits per heavy atom. The minimum atomic E-state index is -1.57. The Morgan fingerprint density at radius 1 is 0.806 bits per heavy atom. The molecule has 0 spiro atoms. The van der Waals surface area contributed by atoms with E-state index in [9.17, 15) is 5.11 Å². The third kappa shape index (κ3) is 15.1. The van der Waals surface area contributed by atoms with Crippen molar-refractivity contribution in [1.82, 2.24) is 5.32 Å². The van der Waals surface area contributed by atoms with Crippen LogP contribution in [0.4, 0.5) is 0 Å². The lowest BCUT2D eigenvalue weighted by Gasteiger charge is -2.49. The fourth-order valence-electron chi connectivity index (χ4n) is 11.5. The predicted molar refractivity (Wildman–Crippen MR) is 263 cm³/mol. The highest BCUT2D eigenvalue weighted by Crippen LogP contribution is 2.48. The number of fused-ring (bicyclic) bond motifs is 2. The van der Waals surface area contributed by atoms with Crippen molar-refractivity contribution >= 4 is 5.97 Å². The summed E-state index contributed by atoms with van der Waals surface area (Å²) in [5.74, 6) is -1.66. The van der Waals surface area contributed by atoms with E-state index in [4.69, 9.17) is 47.4 Å². The number of hydrogen-bond acceptors (Lipinski definition) is 13. The van der Waals surface area contributed by atoms with Crippen molar-refractivity contribution in [3.63, 3.8) is 0 Å². The van der Waals surface area contributed by atoms with Gasteiger partial charge >= 0.3 is 5.97 Å². The molecule has 4 rings (SSSR count). The van der Waals surface area contributed by atoms with E-state index in [1.165, 1.54) is 6.42 Å². The van der Waals surface area contributed by atoms with Crippen molar-refractivity contribution in [2.75, 3.05) is 34.0 Å². The van der Waals surface area contributed by atoms with E-state index in [2.05, 4.69) is 60.7 Å². The van der Waals surface area contributed by atoms with Gasteiger partial charge in [0, 0.05) is 51.7 Å². The van der Waals surface area contributed by atoms with Crippen molar-refractivity contribution < 1.29 is 57.3 Å². The second kappa shape index (κ2) is 27.4. The highest BCUT2D eigenvalue weighted by atomic mass is 16.7. The molecule has 67 heavy (non-hydrogen) atoms. The molecule has 392 valence electrons. The quantitative estimate of drug-likeness (QED) is 0.0597. The number of cyclic esters (lactones) is 1. The molecule has 3 saturated heterocycles. The van der Waals surface area contributed by atoms with Crippen LogP contribution in [0, 0.1) is 17.8 Å². The van der Waals surface area contributed by atoms with Crippen LogP contribution in [0.1, 0.15) is 193 Å². The second-order valence-electron chi connectivity index (χ2n) is 21.4. The molecule has 3 fully saturated rings. The SMILES string of the molecule is CCCCCCO[C@H]1C(O[C@@H]2[C@@H](C)[C@H](OC3C[C@@](C)(OC)[C@@H](OCCCCCC)[C@H](C)O3)[C@@H](C)C(=O)O[C@@H]([C@](C)(O)[C@@H](CC)OCCCCCC)[C@@H](C)C3=C(C)C[C@@]2(C)O3)O[C@H](C)C[C@@H]1NC. The summed E-state index contributed by atoms with van der Waals surface area (Å²) in [6.45, 7) is 28.3. The zero-order valence-corrected chi connectivity index (χ0v) is 45.0. The molecule has 0 radical (unpaired) electrons. The molecule has 0 aromatic carbocycles. The summed E-state index contributed by atoms with van der Waals surface area (Å²) in [5.41, 5.74) is -2.25. The standard InChI is InChI=1S/C54H99NO12/c1-16-20-23-26-29-59-42(19-4)54(13,57)48-37(7)44-35(5)33-53(12,67-44)47(66-51-46(60-30-27-24-21-17-2)41(55-14)32-36(6)62-51)38(8)45(39(9)50(56)65-48)64-43-34-52(11,58-15)49(40(10)63-43)61-31-28-25-22-18-3/h36-43,45-49,51,55,57H,16-34H2,1-15H3/t36-,37+,38+,39-,40+,41+,42-,43?,45+,46-,47-,48-,49+,51?,52-,53-,54-/m1/s1. The number of rotatable bonds is 27. The van der Waals surface area contributed by atoms with Crippen molar-refractivity contribution in [2.45, 2.75) is 277 Å². The first-order chi connectivity index (χ1) is 31.9. The number of unbranched alkanes of at least 4 members (excludes halogenated alkanes) is 9. The third-order valence-electron chi connectivity index (χ3n) is 15.5. The summed E-state index contributed by atoms with van der Waals surface area (Å²) in [4.78, 5) is 15.0. The number of aliphatic hydroxyl groups is 1. The van der Waals surface area contributed by atoms with Crippen molar-refractivity contribution in [3.8, 4) is 0 Å². The molecule has 4 heterocycles. The highest BCUT2D eigenvalue weighted by molar-refractivity contribution is 5.73.